The van der Waals surface area contributed by atoms with Crippen molar-refractivity contribution in [1.29, 1.82) is 0 Å². The number of likely N-dealkylation sites (N-methyl/N-ethyl adjacent to an activating group) is 2. The second-order valence-corrected chi connectivity index (χ2v) is 5.82. The van der Waals surface area contributed by atoms with Crippen LogP contribution in [0.3, 0.4) is 0 Å². The molecule has 0 saturated heterocycles. The van der Waals surface area contributed by atoms with Crippen LogP contribution >= 0.6 is 0 Å². The zero-order chi connectivity index (χ0) is 14.7. The molecule has 0 bridgehead atoms. The van der Waals surface area contributed by atoms with E-state index < -0.39 is 0 Å². The minimum atomic E-state index is 0.434. The second kappa shape index (κ2) is 6.37. The van der Waals surface area contributed by atoms with Gasteiger partial charge in [-0.05, 0) is 55.8 Å². The molecule has 0 saturated carbocycles. The highest BCUT2D eigenvalue weighted by molar-refractivity contribution is 5.37. The molecule has 1 aromatic heterocycles. The smallest absolute Gasteiger partial charge is 0.0481 e. The number of nitrogens with one attached hydrogen (secondary N) is 1. The van der Waals surface area contributed by atoms with Gasteiger partial charge in [0.15, 0.2) is 0 Å². The molecule has 0 aliphatic heterocycles. The minimum absolute atomic E-state index is 0.434. The fourth-order valence-electron chi connectivity index (χ4n) is 3.35. The summed E-state index contributed by atoms with van der Waals surface area (Å²) in [6.45, 7) is 1.07. The van der Waals surface area contributed by atoms with Crippen molar-refractivity contribution in [3.8, 4) is 0 Å². The van der Waals surface area contributed by atoms with Crippen LogP contribution in [0.5, 0.6) is 0 Å². The Labute approximate surface area is 127 Å². The Morgan fingerprint density at radius 1 is 1.19 bits per heavy atom. The molecule has 3 heteroatoms. The van der Waals surface area contributed by atoms with E-state index in [2.05, 4.69) is 65.7 Å². The molecule has 1 aliphatic carbocycles. The fraction of sp³-hybridized carbons (Fsp3) is 0.389. The number of hydrogen-bond donors (Lipinski definition) is 1. The van der Waals surface area contributed by atoms with Crippen LogP contribution < -0.4 is 5.32 Å². The van der Waals surface area contributed by atoms with Crippen molar-refractivity contribution in [2.24, 2.45) is 0 Å². The fourth-order valence-corrected chi connectivity index (χ4v) is 3.35. The summed E-state index contributed by atoms with van der Waals surface area (Å²) < 4.78 is 0. The molecule has 21 heavy (non-hydrogen) atoms. The Kier molecular flexibility index (Phi) is 4.32. The molecule has 2 unspecified atom stereocenters. The van der Waals surface area contributed by atoms with Crippen molar-refractivity contribution in [3.63, 3.8) is 0 Å². The highest BCUT2D eigenvalue weighted by Gasteiger charge is 2.33. The lowest BCUT2D eigenvalue weighted by Gasteiger charge is -2.30. The summed E-state index contributed by atoms with van der Waals surface area (Å²) in [6, 6.07) is 14.0. The lowest BCUT2D eigenvalue weighted by Crippen LogP contribution is -2.40. The molecule has 0 spiro atoms. The molecule has 2 atom stereocenters. The van der Waals surface area contributed by atoms with E-state index in [0.717, 1.165) is 19.4 Å². The minimum Gasteiger partial charge on any atom is -0.312 e. The topological polar surface area (TPSA) is 28.2 Å². The van der Waals surface area contributed by atoms with Crippen molar-refractivity contribution in [2.75, 3.05) is 20.6 Å². The molecular weight excluding hydrogens is 258 g/mol. The van der Waals surface area contributed by atoms with Gasteiger partial charge in [-0.1, -0.05) is 24.3 Å². The highest BCUT2D eigenvalue weighted by atomic mass is 15.2. The van der Waals surface area contributed by atoms with Crippen LogP contribution in [0.4, 0.5) is 0 Å². The number of hydrogen-bond acceptors (Lipinski definition) is 3. The second-order valence-electron chi connectivity index (χ2n) is 5.82. The molecule has 1 heterocycles. The standard InChI is InChI=1S/C18H23N3/c1-19-18-16-6-4-3-5-15(16)13-17(18)21(2)12-9-14-7-10-20-11-8-14/h3-8,10-11,17-19H,9,12-13H2,1-2H3. The largest absolute Gasteiger partial charge is 0.312 e. The van der Waals surface area contributed by atoms with Gasteiger partial charge in [-0.15, -0.1) is 0 Å². The summed E-state index contributed by atoms with van der Waals surface area (Å²) in [6.07, 6.45) is 5.95. The molecule has 110 valence electrons. The van der Waals surface area contributed by atoms with E-state index in [1.165, 1.54) is 16.7 Å². The summed E-state index contributed by atoms with van der Waals surface area (Å²) in [5.74, 6) is 0. The van der Waals surface area contributed by atoms with Gasteiger partial charge in [0.05, 0.1) is 0 Å². The first-order valence-corrected chi connectivity index (χ1v) is 7.64. The molecule has 0 radical (unpaired) electrons. The molecule has 1 aliphatic rings. The van der Waals surface area contributed by atoms with Gasteiger partial charge in [-0.3, -0.25) is 4.98 Å². The van der Waals surface area contributed by atoms with Crippen LogP contribution in [0, 0.1) is 0 Å². The predicted octanol–water partition coefficient (Wildman–Crippen LogP) is 2.44. The van der Waals surface area contributed by atoms with Gasteiger partial charge in [0.25, 0.3) is 0 Å². The Balaban J connectivity index is 1.67. The van der Waals surface area contributed by atoms with Crippen molar-refractivity contribution in [1.82, 2.24) is 15.2 Å². The van der Waals surface area contributed by atoms with Crippen molar-refractivity contribution < 1.29 is 0 Å². The molecule has 0 fully saturated rings. The lowest BCUT2D eigenvalue weighted by molar-refractivity contribution is 0.211. The third-order valence-electron chi connectivity index (χ3n) is 4.58. The van der Waals surface area contributed by atoms with E-state index in [-0.39, 0.29) is 0 Å². The summed E-state index contributed by atoms with van der Waals surface area (Å²) in [5, 5.41) is 3.50. The van der Waals surface area contributed by atoms with E-state index in [9.17, 15) is 0 Å². The number of rotatable bonds is 5. The molecule has 1 aromatic carbocycles. The summed E-state index contributed by atoms with van der Waals surface area (Å²) in [4.78, 5) is 6.57. The van der Waals surface area contributed by atoms with E-state index in [1.54, 1.807) is 0 Å². The summed E-state index contributed by atoms with van der Waals surface area (Å²) >= 11 is 0. The van der Waals surface area contributed by atoms with E-state index in [1.807, 2.05) is 12.4 Å². The maximum atomic E-state index is 4.08. The molecule has 0 amide bonds. The Morgan fingerprint density at radius 2 is 1.95 bits per heavy atom. The molecule has 2 aromatic rings. The van der Waals surface area contributed by atoms with E-state index >= 15 is 0 Å². The van der Waals surface area contributed by atoms with Gasteiger partial charge in [0, 0.05) is 31.0 Å². The van der Waals surface area contributed by atoms with E-state index in [0.29, 0.717) is 12.1 Å². The van der Waals surface area contributed by atoms with Gasteiger partial charge in [0.2, 0.25) is 0 Å². The maximum Gasteiger partial charge on any atom is 0.0481 e. The van der Waals surface area contributed by atoms with Crippen LogP contribution in [-0.4, -0.2) is 36.6 Å². The summed E-state index contributed by atoms with van der Waals surface area (Å²) in [5.41, 5.74) is 4.30. The molecule has 1 N–H and O–H groups in total. The molecular formula is C18H23N3. The van der Waals surface area contributed by atoms with Crippen molar-refractivity contribution in [2.45, 2.75) is 24.9 Å². The zero-order valence-corrected chi connectivity index (χ0v) is 12.8. The van der Waals surface area contributed by atoms with Crippen molar-refractivity contribution in [3.05, 3.63) is 65.5 Å². The SMILES string of the molecule is CNC1c2ccccc2CC1N(C)CCc1ccncc1. The number of fused-ring (bicyclic) bond motifs is 1. The molecule has 3 nitrogen and oxygen atoms in total. The average Bonchev–Trinajstić information content (AvgIpc) is 2.92. The number of nitrogens with zero attached hydrogens (tertiary/aromatic N) is 2. The number of aromatic nitrogens is 1. The van der Waals surface area contributed by atoms with Crippen LogP contribution in [0.1, 0.15) is 22.7 Å². The first kappa shape index (κ1) is 14.2. The van der Waals surface area contributed by atoms with Crippen molar-refractivity contribution >= 4 is 0 Å². The number of benzene rings is 1. The maximum absolute atomic E-state index is 4.08. The third kappa shape index (κ3) is 2.99. The Bertz CT molecular complexity index is 582. The van der Waals surface area contributed by atoms with Gasteiger partial charge in [-0.2, -0.15) is 0 Å². The van der Waals surface area contributed by atoms with Gasteiger partial charge < -0.3 is 10.2 Å². The lowest BCUT2D eigenvalue weighted by atomic mass is 10.1. The zero-order valence-electron chi connectivity index (χ0n) is 12.8. The predicted molar refractivity (Wildman–Crippen MR) is 86.3 cm³/mol. The summed E-state index contributed by atoms with van der Waals surface area (Å²) in [7, 11) is 4.30. The van der Waals surface area contributed by atoms with Gasteiger partial charge in [-0.25, -0.2) is 0 Å². The number of pyridine rings is 1. The van der Waals surface area contributed by atoms with E-state index in [4.69, 9.17) is 0 Å². The Morgan fingerprint density at radius 3 is 2.71 bits per heavy atom. The average molecular weight is 281 g/mol. The van der Waals surface area contributed by atoms with Crippen LogP contribution in [-0.2, 0) is 12.8 Å². The van der Waals surface area contributed by atoms with Crippen LogP contribution in [0.25, 0.3) is 0 Å². The van der Waals surface area contributed by atoms with Crippen LogP contribution in [0.2, 0.25) is 0 Å². The Hall–Kier alpha value is -1.71. The first-order chi connectivity index (χ1) is 10.3. The third-order valence-corrected chi connectivity index (χ3v) is 4.58. The normalized spacial score (nSPS) is 20.7. The highest BCUT2D eigenvalue weighted by Crippen LogP contribution is 2.33. The first-order valence-electron chi connectivity index (χ1n) is 7.64. The van der Waals surface area contributed by atoms with Gasteiger partial charge >= 0.3 is 0 Å². The quantitative estimate of drug-likeness (QED) is 0.912. The van der Waals surface area contributed by atoms with Crippen LogP contribution in [0.15, 0.2) is 48.8 Å². The van der Waals surface area contributed by atoms with Gasteiger partial charge in [0.1, 0.15) is 0 Å². The molecule has 3 rings (SSSR count). The monoisotopic (exact) mass is 281 g/mol.